The lowest BCUT2D eigenvalue weighted by atomic mass is 9.85. The Kier molecular flexibility index (Phi) is 12.7. The lowest BCUT2D eigenvalue weighted by Crippen LogP contribution is -2.61. The molecule has 3 fully saturated rings. The molecule has 0 bridgehead atoms. The average molecular weight is 971 g/mol. The molecule has 4 aromatic carbocycles. The zero-order chi connectivity index (χ0) is 48.8. The average Bonchev–Trinajstić information content (AvgIpc) is 4.25. The Morgan fingerprint density at radius 2 is 1.61 bits per heavy atom. The summed E-state index contributed by atoms with van der Waals surface area (Å²) in [5, 5.41) is 8.29. The molecule has 9 rings (SSSR count). The van der Waals surface area contributed by atoms with Crippen LogP contribution < -0.4 is 30.1 Å². The highest BCUT2D eigenvalue weighted by molar-refractivity contribution is 7.91. The van der Waals surface area contributed by atoms with E-state index in [1.54, 1.807) is 19.2 Å². The molecular weight excluding hydrogens is 917 g/mol. The molecular formula is C52H54N6O9S2. The van der Waals surface area contributed by atoms with Crippen molar-refractivity contribution in [2.24, 2.45) is 11.3 Å². The van der Waals surface area contributed by atoms with Gasteiger partial charge in [0.05, 0.1) is 30.1 Å². The van der Waals surface area contributed by atoms with Crippen molar-refractivity contribution in [2.45, 2.75) is 81.3 Å². The molecule has 5 atom stereocenters. The first-order chi connectivity index (χ1) is 33.0. The zero-order valence-electron chi connectivity index (χ0n) is 38.7. The molecule has 17 heteroatoms. The summed E-state index contributed by atoms with van der Waals surface area (Å²) < 4.78 is 46.1. The SMILES string of the molecule is C=C[C@@H]1C[C@]1(NC(=O)[C@@H]1C[C@@H](Oc2cc(-c3ccccc3)nc3cc(OC)ccc23)CN1C(=O)[C@@H](NC(=S)NC(=O)OCC1c2ccccc2-c2ccccc21)C(C)(C)C)C(=O)NS(=O)(=O)C1CC1. The molecule has 2 saturated carbocycles. The molecule has 1 aromatic heterocycles. The van der Waals surface area contributed by atoms with E-state index in [0.717, 1.165) is 27.8 Å². The van der Waals surface area contributed by atoms with Crippen molar-refractivity contribution < 1.29 is 41.8 Å². The third-order valence-electron chi connectivity index (χ3n) is 13.4. The number of nitrogens with zero attached hydrogens (tertiary/aromatic N) is 2. The van der Waals surface area contributed by atoms with Crippen molar-refractivity contribution in [3.05, 3.63) is 127 Å². The van der Waals surface area contributed by atoms with Gasteiger partial charge in [-0.25, -0.2) is 18.2 Å². The van der Waals surface area contributed by atoms with Gasteiger partial charge in [-0.3, -0.25) is 24.4 Å². The number of sulfonamides is 1. The second-order valence-electron chi connectivity index (χ2n) is 19.1. The van der Waals surface area contributed by atoms with E-state index in [1.165, 1.54) is 11.0 Å². The topological polar surface area (TPSA) is 194 Å². The number of nitrogens with one attached hydrogen (secondary N) is 4. The largest absolute Gasteiger partial charge is 0.497 e. The molecule has 0 spiro atoms. The highest BCUT2D eigenvalue weighted by Gasteiger charge is 2.62. The number of hydrogen-bond donors (Lipinski definition) is 4. The molecule has 1 saturated heterocycles. The van der Waals surface area contributed by atoms with E-state index in [1.807, 2.05) is 112 Å². The molecule has 1 aliphatic heterocycles. The third-order valence-corrected chi connectivity index (χ3v) is 15.4. The summed E-state index contributed by atoms with van der Waals surface area (Å²) in [4.78, 5) is 63.3. The maximum atomic E-state index is 15.1. The monoisotopic (exact) mass is 970 g/mol. The number of carbonyl (C=O) groups excluding carboxylic acids is 4. The van der Waals surface area contributed by atoms with Crippen LogP contribution in [-0.4, -0.2) is 96.5 Å². The predicted octanol–water partition coefficient (Wildman–Crippen LogP) is 6.76. The Hall–Kier alpha value is -6.85. The van der Waals surface area contributed by atoms with Crippen molar-refractivity contribution >= 4 is 62.1 Å². The maximum absolute atomic E-state index is 15.1. The molecule has 0 radical (unpaired) electrons. The number of methoxy groups -OCH3 is 1. The summed E-state index contributed by atoms with van der Waals surface area (Å²) in [6.07, 6.45) is 0.918. The van der Waals surface area contributed by atoms with Gasteiger partial charge >= 0.3 is 6.09 Å². The Balaban J connectivity index is 0.970. The number of ether oxygens (including phenoxy) is 3. The number of thiocarbonyl (C=S) groups is 1. The minimum atomic E-state index is -3.95. The van der Waals surface area contributed by atoms with Crippen molar-refractivity contribution in [1.82, 2.24) is 30.6 Å². The van der Waals surface area contributed by atoms with Crippen molar-refractivity contribution in [2.75, 3.05) is 20.3 Å². The maximum Gasteiger partial charge on any atom is 0.413 e. The van der Waals surface area contributed by atoms with E-state index in [-0.39, 0.29) is 37.0 Å². The van der Waals surface area contributed by atoms with Gasteiger partial charge < -0.3 is 29.7 Å². The van der Waals surface area contributed by atoms with E-state index in [2.05, 4.69) is 27.3 Å². The minimum Gasteiger partial charge on any atom is -0.497 e. The van der Waals surface area contributed by atoms with Crippen molar-refractivity contribution in [1.29, 1.82) is 0 Å². The molecule has 358 valence electrons. The smallest absolute Gasteiger partial charge is 0.413 e. The Morgan fingerprint density at radius 3 is 2.23 bits per heavy atom. The van der Waals surface area contributed by atoms with Crippen LogP contribution in [0, 0.1) is 11.3 Å². The number of alkyl carbamates (subject to hydrolysis) is 1. The Morgan fingerprint density at radius 1 is 0.942 bits per heavy atom. The lowest BCUT2D eigenvalue weighted by Gasteiger charge is -2.36. The number of rotatable bonds is 14. The molecule has 3 aliphatic carbocycles. The van der Waals surface area contributed by atoms with E-state index in [9.17, 15) is 22.8 Å². The van der Waals surface area contributed by atoms with Crippen LogP contribution >= 0.6 is 12.2 Å². The van der Waals surface area contributed by atoms with Gasteiger partial charge in [-0.15, -0.1) is 6.58 Å². The van der Waals surface area contributed by atoms with Crippen LogP contribution in [0.3, 0.4) is 0 Å². The van der Waals surface area contributed by atoms with Gasteiger partial charge in [-0.2, -0.15) is 0 Å². The first-order valence-electron chi connectivity index (χ1n) is 22.9. The van der Waals surface area contributed by atoms with Gasteiger partial charge in [0.15, 0.2) is 5.11 Å². The van der Waals surface area contributed by atoms with Gasteiger partial charge in [-0.1, -0.05) is 106 Å². The van der Waals surface area contributed by atoms with E-state index in [0.29, 0.717) is 40.9 Å². The number of pyridine rings is 1. The first-order valence-corrected chi connectivity index (χ1v) is 24.9. The van der Waals surface area contributed by atoms with Crippen LogP contribution in [0.1, 0.15) is 63.5 Å². The number of likely N-dealkylation sites (tertiary alicyclic amines) is 1. The summed E-state index contributed by atoms with van der Waals surface area (Å²) in [6.45, 7) is 9.25. The highest BCUT2D eigenvalue weighted by atomic mass is 32.2. The standard InChI is InChI=1S/C52H54N6O9S2/c1-6-31-27-52(31,48(61)57-69(63,64)34-21-22-34)56-46(59)43-25-33(67-44-26-41(30-14-8-7-9-15-30)53-42-24-32(65-5)20-23-39(42)44)28-58(43)47(60)45(51(2,3)4)54-49(68)55-50(62)66-29-40-37-18-12-10-16-35(37)36-17-11-13-19-38(36)40/h6-20,23-24,26,31,33-34,40,43,45H,1,21-22,25,27-29H2,2-5H3,(H,56,59)(H,57,61)(H2,54,55,62,68)/t31-,33-,43+,45-,52-/m1/s1. The van der Waals surface area contributed by atoms with Crippen LogP contribution in [0.25, 0.3) is 33.3 Å². The fourth-order valence-electron chi connectivity index (χ4n) is 9.44. The van der Waals surface area contributed by atoms with Gasteiger partial charge in [0.1, 0.15) is 41.8 Å². The molecule has 5 aromatic rings. The fraction of sp³-hybridized carbons (Fsp3) is 0.346. The van der Waals surface area contributed by atoms with Crippen molar-refractivity contribution in [3.63, 3.8) is 0 Å². The van der Waals surface area contributed by atoms with Crippen molar-refractivity contribution in [3.8, 4) is 33.9 Å². The number of amides is 4. The second kappa shape index (κ2) is 18.6. The molecule has 4 amide bonds. The third kappa shape index (κ3) is 9.62. The van der Waals surface area contributed by atoms with Crippen LogP contribution in [0.5, 0.6) is 11.5 Å². The van der Waals surface area contributed by atoms with Crippen LogP contribution in [0.4, 0.5) is 4.79 Å². The molecule has 69 heavy (non-hydrogen) atoms. The number of aromatic nitrogens is 1. The van der Waals surface area contributed by atoms with Gasteiger partial charge in [-0.05, 0) is 71.3 Å². The molecule has 15 nitrogen and oxygen atoms in total. The van der Waals surface area contributed by atoms with Gasteiger partial charge in [0.2, 0.25) is 21.8 Å². The van der Waals surface area contributed by atoms with E-state index in [4.69, 9.17) is 31.4 Å². The molecule has 4 aliphatic rings. The summed E-state index contributed by atoms with van der Waals surface area (Å²) in [7, 11) is -2.38. The highest BCUT2D eigenvalue weighted by Crippen LogP contribution is 2.47. The quantitative estimate of drug-likeness (QED) is 0.0677. The van der Waals surface area contributed by atoms with E-state index < -0.39 is 74.1 Å². The van der Waals surface area contributed by atoms with Crippen LogP contribution in [0.2, 0.25) is 0 Å². The van der Waals surface area contributed by atoms with E-state index >= 15 is 4.79 Å². The summed E-state index contributed by atoms with van der Waals surface area (Å²) >= 11 is 5.64. The summed E-state index contributed by atoms with van der Waals surface area (Å²) in [5.74, 6) is -1.78. The number of benzene rings is 4. The number of carbonyl (C=O) groups is 4. The summed E-state index contributed by atoms with van der Waals surface area (Å²) in [5.41, 5.74) is 3.85. The normalized spacial score (nSPS) is 21.0. The molecule has 2 heterocycles. The Labute approximate surface area is 406 Å². The van der Waals surface area contributed by atoms with Crippen LogP contribution in [0.15, 0.2) is 116 Å². The molecule has 0 unspecified atom stereocenters. The number of hydrogen-bond acceptors (Lipinski definition) is 11. The molecule has 4 N–H and O–H groups in total. The lowest BCUT2D eigenvalue weighted by molar-refractivity contribution is -0.142. The predicted molar refractivity (Wildman–Crippen MR) is 265 cm³/mol. The van der Waals surface area contributed by atoms with Crippen LogP contribution in [-0.2, 0) is 29.1 Å². The minimum absolute atomic E-state index is 0.00560. The zero-order valence-corrected chi connectivity index (χ0v) is 40.3. The number of fused-ring (bicyclic) bond motifs is 4. The first kappa shape index (κ1) is 47.2. The fourth-order valence-corrected chi connectivity index (χ4v) is 11.0. The van der Waals surface area contributed by atoms with Gasteiger partial charge in [0.25, 0.3) is 5.91 Å². The second-order valence-corrected chi connectivity index (χ2v) is 21.5. The van der Waals surface area contributed by atoms with Gasteiger partial charge in [0, 0.05) is 41.3 Å². The Bertz CT molecular complexity index is 2950. The summed E-state index contributed by atoms with van der Waals surface area (Å²) in [6, 6.07) is 30.5.